The van der Waals surface area contributed by atoms with E-state index in [1.165, 1.54) is 5.56 Å². The van der Waals surface area contributed by atoms with Gasteiger partial charge >= 0.3 is 0 Å². The first-order valence-electron chi connectivity index (χ1n) is 6.80. The van der Waals surface area contributed by atoms with Gasteiger partial charge in [-0.25, -0.2) is 0 Å². The molecule has 1 aromatic rings. The van der Waals surface area contributed by atoms with Crippen molar-refractivity contribution in [1.82, 2.24) is 0 Å². The Morgan fingerprint density at radius 1 is 1.37 bits per heavy atom. The smallest absolute Gasteiger partial charge is 0.227 e. The molecule has 1 aliphatic rings. The molecule has 1 heterocycles. The average Bonchev–Trinajstić information content (AvgIpc) is 2.36. The number of fused-ring (bicyclic) bond motifs is 1. The normalized spacial score (nSPS) is 15.4. The fourth-order valence-corrected chi connectivity index (χ4v) is 2.36. The molecule has 1 amide bonds. The third-order valence-electron chi connectivity index (χ3n) is 3.55. The van der Waals surface area contributed by atoms with Crippen molar-refractivity contribution in [2.24, 2.45) is 5.73 Å². The van der Waals surface area contributed by atoms with Crippen LogP contribution in [0.2, 0.25) is 0 Å². The van der Waals surface area contributed by atoms with Crippen LogP contribution >= 0.6 is 0 Å². The van der Waals surface area contributed by atoms with Crippen LogP contribution in [0.1, 0.15) is 32.3 Å². The van der Waals surface area contributed by atoms with E-state index in [1.807, 2.05) is 37.9 Å². The zero-order valence-electron chi connectivity index (χ0n) is 12.0. The van der Waals surface area contributed by atoms with Gasteiger partial charge in [-0.15, -0.1) is 0 Å². The number of nitrogens with zero attached hydrogens (tertiary/aromatic N) is 1. The van der Waals surface area contributed by atoms with Crippen LogP contribution in [0, 0.1) is 0 Å². The van der Waals surface area contributed by atoms with Gasteiger partial charge in [-0.1, -0.05) is 0 Å². The van der Waals surface area contributed by atoms with Gasteiger partial charge in [0.15, 0.2) is 0 Å². The summed E-state index contributed by atoms with van der Waals surface area (Å²) in [5.74, 6) is 0.203. The first-order chi connectivity index (χ1) is 8.90. The van der Waals surface area contributed by atoms with Crippen LogP contribution in [0.15, 0.2) is 18.2 Å². The van der Waals surface area contributed by atoms with Crippen LogP contribution in [0.5, 0.6) is 0 Å². The topological polar surface area (TPSA) is 58.4 Å². The maximum atomic E-state index is 12.1. The Morgan fingerprint density at radius 2 is 2.11 bits per heavy atom. The molecule has 0 fully saturated rings. The summed E-state index contributed by atoms with van der Waals surface area (Å²) in [6.07, 6.45) is 2.21. The van der Waals surface area contributed by atoms with Crippen molar-refractivity contribution in [1.29, 1.82) is 0 Å². The number of nitrogens with one attached hydrogen (secondary N) is 1. The van der Waals surface area contributed by atoms with Gasteiger partial charge in [0.25, 0.3) is 0 Å². The zero-order valence-corrected chi connectivity index (χ0v) is 12.0. The summed E-state index contributed by atoms with van der Waals surface area (Å²) >= 11 is 0. The number of benzene rings is 1. The first-order valence-corrected chi connectivity index (χ1v) is 6.80. The van der Waals surface area contributed by atoms with Gasteiger partial charge in [-0.2, -0.15) is 0 Å². The molecule has 0 spiro atoms. The standard InChI is InChI=1S/C15H23N3O/c1-15(2,16)8-9-18-13-6-5-12(17-3)10-11(13)4-7-14(18)19/h5-6,10,17H,4,7-9,16H2,1-3H3. The lowest BCUT2D eigenvalue weighted by molar-refractivity contribution is -0.118. The molecule has 0 radical (unpaired) electrons. The molecule has 1 aromatic carbocycles. The number of amides is 1. The van der Waals surface area contributed by atoms with E-state index in [9.17, 15) is 4.79 Å². The van der Waals surface area contributed by atoms with Gasteiger partial charge in [-0.05, 0) is 50.5 Å². The molecular weight excluding hydrogens is 238 g/mol. The Hall–Kier alpha value is -1.55. The maximum Gasteiger partial charge on any atom is 0.227 e. The molecule has 1 aliphatic heterocycles. The van der Waals surface area contributed by atoms with Crippen molar-refractivity contribution in [2.45, 2.75) is 38.6 Å². The molecule has 19 heavy (non-hydrogen) atoms. The molecule has 2 rings (SSSR count). The van der Waals surface area contributed by atoms with E-state index >= 15 is 0 Å². The third kappa shape index (κ3) is 3.26. The molecule has 0 unspecified atom stereocenters. The second-order valence-electron chi connectivity index (χ2n) is 5.88. The van der Waals surface area contributed by atoms with Crippen LogP contribution in [0.3, 0.4) is 0 Å². The number of aryl methyl sites for hydroxylation is 1. The highest BCUT2D eigenvalue weighted by atomic mass is 16.2. The molecule has 0 saturated carbocycles. The summed E-state index contributed by atoms with van der Waals surface area (Å²) < 4.78 is 0. The summed E-state index contributed by atoms with van der Waals surface area (Å²) in [7, 11) is 1.91. The Balaban J connectivity index is 2.23. The molecule has 0 saturated heterocycles. The minimum atomic E-state index is -0.247. The van der Waals surface area contributed by atoms with E-state index in [1.54, 1.807) is 0 Å². The third-order valence-corrected chi connectivity index (χ3v) is 3.55. The lowest BCUT2D eigenvalue weighted by atomic mass is 9.97. The fourth-order valence-electron chi connectivity index (χ4n) is 2.36. The molecule has 3 N–H and O–H groups in total. The molecule has 0 aliphatic carbocycles. The molecule has 4 heteroatoms. The molecule has 104 valence electrons. The lowest BCUT2D eigenvalue weighted by Gasteiger charge is -2.32. The number of carbonyl (C=O) groups is 1. The van der Waals surface area contributed by atoms with Crippen LogP contribution in [0.4, 0.5) is 11.4 Å². The number of anilines is 2. The second-order valence-corrected chi connectivity index (χ2v) is 5.88. The highest BCUT2D eigenvalue weighted by Crippen LogP contribution is 2.30. The number of nitrogens with two attached hydrogens (primary N) is 1. The van der Waals surface area contributed by atoms with Crippen molar-refractivity contribution >= 4 is 17.3 Å². The number of hydrogen-bond donors (Lipinski definition) is 2. The first kappa shape index (κ1) is 13.9. The molecule has 0 bridgehead atoms. The van der Waals surface area contributed by atoms with Crippen molar-refractivity contribution in [3.63, 3.8) is 0 Å². The van der Waals surface area contributed by atoms with Crippen LogP contribution < -0.4 is 16.0 Å². The fraction of sp³-hybridized carbons (Fsp3) is 0.533. The van der Waals surface area contributed by atoms with Crippen molar-refractivity contribution in [2.75, 3.05) is 23.8 Å². The highest BCUT2D eigenvalue weighted by molar-refractivity contribution is 5.96. The predicted molar refractivity (Wildman–Crippen MR) is 79.5 cm³/mol. The quantitative estimate of drug-likeness (QED) is 0.873. The van der Waals surface area contributed by atoms with Crippen molar-refractivity contribution in [3.8, 4) is 0 Å². The molecular formula is C15H23N3O. The molecule has 4 nitrogen and oxygen atoms in total. The summed E-state index contributed by atoms with van der Waals surface area (Å²) in [6.45, 7) is 4.67. The number of rotatable bonds is 4. The zero-order chi connectivity index (χ0) is 14.0. The Labute approximate surface area is 115 Å². The average molecular weight is 261 g/mol. The van der Waals surface area contributed by atoms with Crippen molar-refractivity contribution in [3.05, 3.63) is 23.8 Å². The SMILES string of the molecule is CNc1ccc2c(c1)CCC(=O)N2CCC(C)(C)N. The monoisotopic (exact) mass is 261 g/mol. The van der Waals surface area contributed by atoms with E-state index < -0.39 is 0 Å². The summed E-state index contributed by atoms with van der Waals surface area (Å²) in [5, 5.41) is 3.14. The van der Waals surface area contributed by atoms with E-state index in [-0.39, 0.29) is 11.4 Å². The van der Waals surface area contributed by atoms with Gasteiger partial charge in [0.2, 0.25) is 5.91 Å². The van der Waals surface area contributed by atoms with Crippen LogP contribution in [-0.2, 0) is 11.2 Å². The highest BCUT2D eigenvalue weighted by Gasteiger charge is 2.25. The van der Waals surface area contributed by atoms with E-state index in [0.29, 0.717) is 13.0 Å². The summed E-state index contributed by atoms with van der Waals surface area (Å²) in [5.41, 5.74) is 9.14. The Kier molecular flexibility index (Phi) is 3.80. The Bertz CT molecular complexity index is 477. The van der Waals surface area contributed by atoms with Gasteiger partial charge in [0.1, 0.15) is 0 Å². The molecule has 0 aromatic heterocycles. The van der Waals surface area contributed by atoms with Crippen molar-refractivity contribution < 1.29 is 4.79 Å². The summed E-state index contributed by atoms with van der Waals surface area (Å²) in [4.78, 5) is 14.0. The van der Waals surface area contributed by atoms with E-state index in [2.05, 4.69) is 11.4 Å². The number of carbonyl (C=O) groups excluding carboxylic acids is 1. The minimum Gasteiger partial charge on any atom is -0.388 e. The van der Waals surface area contributed by atoms with Gasteiger partial charge in [-0.3, -0.25) is 4.79 Å². The van der Waals surface area contributed by atoms with Crippen LogP contribution in [-0.4, -0.2) is 25.0 Å². The van der Waals surface area contributed by atoms with Gasteiger partial charge < -0.3 is 16.0 Å². The van der Waals surface area contributed by atoms with E-state index in [4.69, 9.17) is 5.73 Å². The summed E-state index contributed by atoms with van der Waals surface area (Å²) in [6, 6.07) is 6.17. The van der Waals surface area contributed by atoms with Crippen LogP contribution in [0.25, 0.3) is 0 Å². The maximum absolute atomic E-state index is 12.1. The van der Waals surface area contributed by atoms with Gasteiger partial charge in [0, 0.05) is 36.9 Å². The van der Waals surface area contributed by atoms with E-state index in [0.717, 1.165) is 24.2 Å². The second kappa shape index (κ2) is 5.21. The predicted octanol–water partition coefficient (Wildman–Crippen LogP) is 2.13. The Morgan fingerprint density at radius 3 is 2.74 bits per heavy atom. The largest absolute Gasteiger partial charge is 0.388 e. The molecule has 0 atom stereocenters. The minimum absolute atomic E-state index is 0.203. The lowest BCUT2D eigenvalue weighted by Crippen LogP contribution is -2.41. The number of hydrogen-bond acceptors (Lipinski definition) is 3. The van der Waals surface area contributed by atoms with Gasteiger partial charge in [0.05, 0.1) is 0 Å².